The van der Waals surface area contributed by atoms with Crippen LogP contribution in [-0.4, -0.2) is 27.0 Å². The molecule has 0 fully saturated rings. The number of thioether (sulfide) groups is 2. The number of hydrogen-bond acceptors (Lipinski definition) is 2. The van der Waals surface area contributed by atoms with Gasteiger partial charge in [-0.3, -0.25) is 0 Å². The monoisotopic (exact) mass is 389 g/mol. The molecule has 1 heterocycles. The Morgan fingerprint density at radius 1 is 0.591 bits per heavy atom. The maximum absolute atomic E-state index is 2.26. The fraction of sp³-hybridized carbons (Fsp3) is 0.105. The maximum atomic E-state index is 2.26. The van der Waals surface area contributed by atoms with Gasteiger partial charge in [0, 0.05) is 0 Å². The minimum absolute atomic E-state index is 0.358. The molecule has 0 saturated carbocycles. The molecular formula is C19H17S2Se+. The van der Waals surface area contributed by atoms with Gasteiger partial charge in [0.1, 0.15) is 0 Å². The third kappa shape index (κ3) is 3.67. The van der Waals surface area contributed by atoms with Gasteiger partial charge in [-0.1, -0.05) is 0 Å². The molecule has 110 valence electrons. The van der Waals surface area contributed by atoms with Crippen molar-refractivity contribution in [1.82, 2.24) is 0 Å². The van der Waals surface area contributed by atoms with E-state index < -0.39 is 0 Å². The molecule has 0 radical (unpaired) electrons. The summed E-state index contributed by atoms with van der Waals surface area (Å²) in [7, 11) is 0. The molecule has 0 unspecified atom stereocenters. The van der Waals surface area contributed by atoms with E-state index in [1.807, 2.05) is 0 Å². The molecule has 3 heteroatoms. The molecule has 3 rings (SSSR count). The van der Waals surface area contributed by atoms with Crippen LogP contribution < -0.4 is 0 Å². The van der Waals surface area contributed by atoms with Gasteiger partial charge in [0.05, 0.1) is 0 Å². The van der Waals surface area contributed by atoms with Gasteiger partial charge in [-0.05, 0) is 0 Å². The summed E-state index contributed by atoms with van der Waals surface area (Å²) in [6.45, 7) is 0. The van der Waals surface area contributed by atoms with Gasteiger partial charge in [0.25, 0.3) is 0 Å². The summed E-state index contributed by atoms with van der Waals surface area (Å²) in [6, 6.07) is 24.5. The predicted octanol–water partition coefficient (Wildman–Crippen LogP) is 5.80. The summed E-state index contributed by atoms with van der Waals surface area (Å²) >= 11 is 3.94. The van der Waals surface area contributed by atoms with Crippen LogP contribution in [0, 0.1) is 0 Å². The molecule has 3 aromatic rings. The zero-order valence-electron chi connectivity index (χ0n) is 12.6. The summed E-state index contributed by atoms with van der Waals surface area (Å²) < 4.78 is 2.90. The van der Waals surface area contributed by atoms with E-state index in [2.05, 4.69) is 79.2 Å². The first kappa shape index (κ1) is 15.9. The average Bonchev–Trinajstić information content (AvgIpc) is 2.62. The second kappa shape index (κ2) is 7.52. The third-order valence-electron chi connectivity index (χ3n) is 3.46. The molecule has 0 atom stereocenters. The Bertz CT molecular complexity index is 686. The Labute approximate surface area is 146 Å². The van der Waals surface area contributed by atoms with Gasteiger partial charge in [-0.15, -0.1) is 0 Å². The first-order valence-electron chi connectivity index (χ1n) is 7.02. The standard InChI is InChI=1S/C19H17S2Se/c1-20-16-10-6-14(7-11-16)18-4-3-5-19(22-18)15-8-12-17(21-2)13-9-15/h3-13H,1-2H3/q+1. The van der Waals surface area contributed by atoms with Crippen LogP contribution in [0.4, 0.5) is 0 Å². The van der Waals surface area contributed by atoms with Gasteiger partial charge in [-0.25, -0.2) is 0 Å². The van der Waals surface area contributed by atoms with Crippen molar-refractivity contribution in [1.29, 1.82) is 0 Å². The zero-order chi connectivity index (χ0) is 15.4. The van der Waals surface area contributed by atoms with Gasteiger partial charge in [-0.2, -0.15) is 0 Å². The second-order valence-corrected chi connectivity index (χ2v) is 8.85. The van der Waals surface area contributed by atoms with Gasteiger partial charge >= 0.3 is 147 Å². The van der Waals surface area contributed by atoms with Crippen molar-refractivity contribution in [3.63, 3.8) is 0 Å². The van der Waals surface area contributed by atoms with E-state index in [1.165, 1.54) is 29.8 Å². The van der Waals surface area contributed by atoms with Crippen LogP contribution in [0.3, 0.4) is 0 Å². The quantitative estimate of drug-likeness (QED) is 0.409. The van der Waals surface area contributed by atoms with E-state index in [9.17, 15) is 0 Å². The molecule has 22 heavy (non-hydrogen) atoms. The Hall–Kier alpha value is -0.991. The Morgan fingerprint density at radius 2 is 1.00 bits per heavy atom. The molecule has 2 aromatic carbocycles. The van der Waals surface area contributed by atoms with E-state index in [0.717, 1.165) is 0 Å². The van der Waals surface area contributed by atoms with Crippen molar-refractivity contribution >= 4 is 38.0 Å². The van der Waals surface area contributed by atoms with Crippen LogP contribution in [0.15, 0.2) is 76.5 Å². The fourth-order valence-electron chi connectivity index (χ4n) is 2.23. The number of benzene rings is 2. The molecular weight excluding hydrogens is 371 g/mol. The first-order chi connectivity index (χ1) is 10.8. The summed E-state index contributed by atoms with van der Waals surface area (Å²) in [5.41, 5.74) is 2.70. The van der Waals surface area contributed by atoms with E-state index in [0.29, 0.717) is 14.5 Å². The summed E-state index contributed by atoms with van der Waals surface area (Å²) in [4.78, 5) is 2.64. The van der Waals surface area contributed by atoms with Crippen molar-refractivity contribution in [2.24, 2.45) is 0 Å². The zero-order valence-corrected chi connectivity index (χ0v) is 15.9. The van der Waals surface area contributed by atoms with Crippen molar-refractivity contribution in [2.45, 2.75) is 9.79 Å². The summed E-state index contributed by atoms with van der Waals surface area (Å²) in [5.74, 6) is 0. The molecule has 0 bridgehead atoms. The van der Waals surface area contributed by atoms with Crippen LogP contribution in [0.25, 0.3) is 20.0 Å². The molecule has 0 aliphatic carbocycles. The number of rotatable bonds is 4. The van der Waals surface area contributed by atoms with E-state index in [4.69, 9.17) is 0 Å². The molecule has 0 aliphatic heterocycles. The van der Waals surface area contributed by atoms with Gasteiger partial charge in [0.15, 0.2) is 0 Å². The van der Waals surface area contributed by atoms with Crippen LogP contribution in [0.2, 0.25) is 0 Å². The Balaban J connectivity index is 1.93. The van der Waals surface area contributed by atoms with Crippen molar-refractivity contribution < 1.29 is 0 Å². The second-order valence-electron chi connectivity index (χ2n) is 4.81. The molecule has 0 nitrogen and oxygen atoms in total. The van der Waals surface area contributed by atoms with Crippen LogP contribution in [0.5, 0.6) is 0 Å². The minimum atomic E-state index is 0.358. The normalized spacial score (nSPS) is 10.6. The SMILES string of the molecule is CSc1ccc(-c2cccc(-c3ccc(SC)cc3)[se+]2)cc1. The first-order valence-corrected chi connectivity index (χ1v) is 11.2. The van der Waals surface area contributed by atoms with Crippen molar-refractivity contribution in [2.75, 3.05) is 12.5 Å². The molecule has 0 saturated heterocycles. The van der Waals surface area contributed by atoms with Gasteiger partial charge < -0.3 is 0 Å². The Kier molecular flexibility index (Phi) is 5.43. The van der Waals surface area contributed by atoms with E-state index in [1.54, 1.807) is 23.5 Å². The topological polar surface area (TPSA) is 0 Å². The van der Waals surface area contributed by atoms with Crippen molar-refractivity contribution in [3.8, 4) is 20.0 Å². The molecule has 0 spiro atoms. The van der Waals surface area contributed by atoms with Crippen LogP contribution in [0.1, 0.15) is 0 Å². The summed E-state index contributed by atoms with van der Waals surface area (Å²) in [6.07, 6.45) is 4.23. The Morgan fingerprint density at radius 3 is 1.36 bits per heavy atom. The number of hydrogen-bond donors (Lipinski definition) is 0. The molecule has 0 N–H and O–H groups in total. The van der Waals surface area contributed by atoms with Crippen LogP contribution in [-0.2, 0) is 0 Å². The average molecular weight is 388 g/mol. The summed E-state index contributed by atoms with van der Waals surface area (Å²) in [5, 5.41) is 0. The fourth-order valence-corrected chi connectivity index (χ4v) is 5.22. The molecule has 0 amide bonds. The third-order valence-corrected chi connectivity index (χ3v) is 7.43. The van der Waals surface area contributed by atoms with Crippen LogP contribution >= 0.6 is 23.5 Å². The van der Waals surface area contributed by atoms with Gasteiger partial charge in [0.2, 0.25) is 0 Å². The van der Waals surface area contributed by atoms with Crippen molar-refractivity contribution in [3.05, 3.63) is 66.7 Å². The van der Waals surface area contributed by atoms with E-state index in [-0.39, 0.29) is 0 Å². The molecule has 1 aromatic heterocycles. The predicted molar refractivity (Wildman–Crippen MR) is 102 cm³/mol. The van der Waals surface area contributed by atoms with E-state index >= 15 is 0 Å². The molecule has 0 aliphatic rings.